The van der Waals surface area contributed by atoms with Gasteiger partial charge >= 0.3 is 6.03 Å². The molecule has 0 saturated carbocycles. The van der Waals surface area contributed by atoms with Crippen molar-refractivity contribution in [2.75, 3.05) is 13.1 Å². The molecule has 19 heavy (non-hydrogen) atoms. The van der Waals surface area contributed by atoms with Crippen LogP contribution in [-0.4, -0.2) is 24.0 Å². The van der Waals surface area contributed by atoms with Crippen molar-refractivity contribution in [3.05, 3.63) is 34.3 Å². The van der Waals surface area contributed by atoms with Crippen molar-refractivity contribution in [1.82, 2.24) is 10.2 Å². The maximum Gasteiger partial charge on any atom is 0.317 e. The number of nitrogens with one attached hydrogen (secondary N) is 1. The van der Waals surface area contributed by atoms with E-state index < -0.39 is 0 Å². The first-order valence-corrected chi connectivity index (χ1v) is 7.67. The van der Waals surface area contributed by atoms with Crippen molar-refractivity contribution in [1.29, 1.82) is 0 Å². The molecule has 1 heterocycles. The van der Waals surface area contributed by atoms with Gasteiger partial charge in [0.25, 0.3) is 0 Å². The number of nitrogens with zero attached hydrogens (tertiary/aromatic N) is 1. The van der Waals surface area contributed by atoms with E-state index in [4.69, 9.17) is 0 Å². The standard InChI is InChI=1S/C15H21BrN2O/c1-11-6-5-9-18(10-11)15(19)17-12(2)13-7-3-4-8-14(13)16/h3-4,7-8,11-12H,5-6,9-10H2,1-2H3,(H,17,19). The van der Waals surface area contributed by atoms with Gasteiger partial charge in [-0.25, -0.2) is 4.79 Å². The first-order valence-electron chi connectivity index (χ1n) is 6.88. The number of benzene rings is 1. The third kappa shape index (κ3) is 3.72. The van der Waals surface area contributed by atoms with Crippen molar-refractivity contribution < 1.29 is 4.79 Å². The summed E-state index contributed by atoms with van der Waals surface area (Å²) in [6, 6.07) is 8.07. The van der Waals surface area contributed by atoms with Crippen LogP contribution in [0.15, 0.2) is 28.7 Å². The SMILES string of the molecule is CC1CCCN(C(=O)NC(C)c2ccccc2Br)C1. The Labute approximate surface area is 123 Å². The lowest BCUT2D eigenvalue weighted by Gasteiger charge is -2.32. The quantitative estimate of drug-likeness (QED) is 0.877. The fourth-order valence-corrected chi connectivity index (χ4v) is 3.18. The molecule has 4 heteroatoms. The lowest BCUT2D eigenvalue weighted by Crippen LogP contribution is -2.45. The molecule has 0 spiro atoms. The number of hydrogen-bond acceptors (Lipinski definition) is 1. The summed E-state index contributed by atoms with van der Waals surface area (Å²) in [7, 11) is 0. The summed E-state index contributed by atoms with van der Waals surface area (Å²) in [4.78, 5) is 14.2. The van der Waals surface area contributed by atoms with Gasteiger partial charge in [0.05, 0.1) is 6.04 Å². The number of carbonyl (C=O) groups excluding carboxylic acids is 1. The van der Waals surface area contributed by atoms with Gasteiger partial charge in [0.15, 0.2) is 0 Å². The summed E-state index contributed by atoms with van der Waals surface area (Å²) in [6.45, 7) is 5.97. The van der Waals surface area contributed by atoms with Gasteiger partial charge in [0.2, 0.25) is 0 Å². The largest absolute Gasteiger partial charge is 0.331 e. The maximum atomic E-state index is 12.2. The zero-order valence-corrected chi connectivity index (χ0v) is 13.1. The van der Waals surface area contributed by atoms with Crippen LogP contribution in [0.2, 0.25) is 0 Å². The molecule has 1 aliphatic rings. The fraction of sp³-hybridized carbons (Fsp3) is 0.533. The van der Waals surface area contributed by atoms with Crippen LogP contribution in [-0.2, 0) is 0 Å². The topological polar surface area (TPSA) is 32.3 Å². The van der Waals surface area contributed by atoms with E-state index in [1.54, 1.807) is 0 Å². The number of rotatable bonds is 2. The fourth-order valence-electron chi connectivity index (χ4n) is 2.55. The van der Waals surface area contributed by atoms with Gasteiger partial charge in [-0.1, -0.05) is 41.1 Å². The molecule has 0 aromatic heterocycles. The van der Waals surface area contributed by atoms with Gasteiger partial charge in [-0.3, -0.25) is 0 Å². The van der Waals surface area contributed by atoms with Crippen molar-refractivity contribution in [3.8, 4) is 0 Å². The van der Waals surface area contributed by atoms with E-state index in [1.807, 2.05) is 36.1 Å². The first kappa shape index (κ1) is 14.4. The van der Waals surface area contributed by atoms with Gasteiger partial charge in [-0.2, -0.15) is 0 Å². The second-order valence-corrected chi connectivity index (χ2v) is 6.24. The molecule has 1 saturated heterocycles. The molecule has 104 valence electrons. The number of hydrogen-bond donors (Lipinski definition) is 1. The number of halogens is 1. The minimum Gasteiger partial charge on any atom is -0.331 e. The Kier molecular flexibility index (Phi) is 4.86. The zero-order valence-electron chi connectivity index (χ0n) is 11.5. The summed E-state index contributed by atoms with van der Waals surface area (Å²) < 4.78 is 1.04. The van der Waals surface area contributed by atoms with Gasteiger partial charge in [-0.05, 0) is 37.3 Å². The van der Waals surface area contributed by atoms with E-state index in [0.29, 0.717) is 5.92 Å². The minimum atomic E-state index is 0.0142. The molecule has 2 atom stereocenters. The monoisotopic (exact) mass is 324 g/mol. The Bertz CT molecular complexity index is 450. The summed E-state index contributed by atoms with van der Waals surface area (Å²) >= 11 is 3.53. The highest BCUT2D eigenvalue weighted by Crippen LogP contribution is 2.23. The highest BCUT2D eigenvalue weighted by atomic mass is 79.9. The van der Waals surface area contributed by atoms with Gasteiger partial charge in [0.1, 0.15) is 0 Å². The number of likely N-dealkylation sites (tertiary alicyclic amines) is 1. The van der Waals surface area contributed by atoms with E-state index in [9.17, 15) is 4.79 Å². The number of urea groups is 1. The van der Waals surface area contributed by atoms with Crippen LogP contribution < -0.4 is 5.32 Å². The molecule has 1 fully saturated rings. The molecule has 2 amide bonds. The predicted octanol–water partition coefficient (Wildman–Crippen LogP) is 3.95. The summed E-state index contributed by atoms with van der Waals surface area (Å²) in [6.07, 6.45) is 2.33. The molecule has 1 aromatic carbocycles. The van der Waals surface area contributed by atoms with E-state index in [0.717, 1.165) is 29.5 Å². The third-order valence-corrected chi connectivity index (χ3v) is 4.38. The molecule has 1 N–H and O–H groups in total. The average Bonchev–Trinajstić information content (AvgIpc) is 2.39. The van der Waals surface area contributed by atoms with Crippen LogP contribution in [0.4, 0.5) is 4.79 Å². The van der Waals surface area contributed by atoms with Crippen LogP contribution >= 0.6 is 15.9 Å². The smallest absolute Gasteiger partial charge is 0.317 e. The Morgan fingerprint density at radius 3 is 2.89 bits per heavy atom. The average molecular weight is 325 g/mol. The van der Waals surface area contributed by atoms with E-state index in [2.05, 4.69) is 28.2 Å². The molecule has 1 aromatic rings. The zero-order chi connectivity index (χ0) is 13.8. The minimum absolute atomic E-state index is 0.0142. The number of piperidine rings is 1. The van der Waals surface area contributed by atoms with Crippen molar-refractivity contribution in [2.24, 2.45) is 5.92 Å². The van der Waals surface area contributed by atoms with Gasteiger partial charge in [-0.15, -0.1) is 0 Å². The molecule has 3 nitrogen and oxygen atoms in total. The Balaban J connectivity index is 1.97. The molecular weight excluding hydrogens is 304 g/mol. The highest BCUT2D eigenvalue weighted by Gasteiger charge is 2.22. The predicted molar refractivity (Wildman–Crippen MR) is 81.1 cm³/mol. The second-order valence-electron chi connectivity index (χ2n) is 5.39. The highest BCUT2D eigenvalue weighted by molar-refractivity contribution is 9.10. The van der Waals surface area contributed by atoms with E-state index >= 15 is 0 Å². The van der Waals surface area contributed by atoms with E-state index in [-0.39, 0.29) is 12.1 Å². The molecule has 2 unspecified atom stereocenters. The Hall–Kier alpha value is -1.03. The van der Waals surface area contributed by atoms with Crippen LogP contribution in [0, 0.1) is 5.92 Å². The summed E-state index contributed by atoms with van der Waals surface area (Å²) in [5.74, 6) is 0.610. The van der Waals surface area contributed by atoms with Crippen LogP contribution in [0.25, 0.3) is 0 Å². The number of amides is 2. The van der Waals surface area contributed by atoms with Gasteiger partial charge in [0, 0.05) is 17.6 Å². The van der Waals surface area contributed by atoms with Crippen LogP contribution in [0.3, 0.4) is 0 Å². The third-order valence-electron chi connectivity index (χ3n) is 3.66. The van der Waals surface area contributed by atoms with Crippen molar-refractivity contribution in [2.45, 2.75) is 32.7 Å². The Morgan fingerprint density at radius 2 is 2.21 bits per heavy atom. The van der Waals surface area contributed by atoms with E-state index in [1.165, 1.54) is 6.42 Å². The molecular formula is C15H21BrN2O. The summed E-state index contributed by atoms with van der Waals surface area (Å²) in [5.41, 5.74) is 1.11. The van der Waals surface area contributed by atoms with Crippen LogP contribution in [0.5, 0.6) is 0 Å². The first-order chi connectivity index (χ1) is 9.08. The van der Waals surface area contributed by atoms with Crippen molar-refractivity contribution >= 4 is 22.0 Å². The Morgan fingerprint density at radius 1 is 1.47 bits per heavy atom. The molecule has 1 aliphatic heterocycles. The normalized spacial score (nSPS) is 21.0. The molecule has 0 aliphatic carbocycles. The van der Waals surface area contributed by atoms with Crippen molar-refractivity contribution in [3.63, 3.8) is 0 Å². The second kappa shape index (κ2) is 6.42. The molecule has 0 radical (unpaired) electrons. The van der Waals surface area contributed by atoms with Gasteiger partial charge < -0.3 is 10.2 Å². The molecule has 2 rings (SSSR count). The lowest BCUT2D eigenvalue weighted by atomic mass is 10.0. The maximum absolute atomic E-state index is 12.2. The van der Waals surface area contributed by atoms with Crippen LogP contribution in [0.1, 0.15) is 38.3 Å². The lowest BCUT2D eigenvalue weighted by molar-refractivity contribution is 0.167. The molecule has 0 bridgehead atoms. The summed E-state index contributed by atoms with van der Waals surface area (Å²) in [5, 5.41) is 3.08. The number of carbonyl (C=O) groups is 1.